The summed E-state index contributed by atoms with van der Waals surface area (Å²) in [4.78, 5) is 18.9. The predicted octanol–water partition coefficient (Wildman–Crippen LogP) is 12.4. The van der Waals surface area contributed by atoms with Gasteiger partial charge in [0.25, 0.3) is 0 Å². The van der Waals surface area contributed by atoms with Crippen LogP contribution < -0.4 is 0 Å². The van der Waals surface area contributed by atoms with Crippen LogP contribution in [0.3, 0.4) is 0 Å². The van der Waals surface area contributed by atoms with Crippen molar-refractivity contribution in [1.29, 1.82) is 0 Å². The zero-order valence-corrected chi connectivity index (χ0v) is 30.3. The lowest BCUT2D eigenvalue weighted by molar-refractivity contribution is 0.666. The molecule has 264 valence electrons. The number of rotatable bonds is 3. The molecule has 0 N–H and O–H groups in total. The van der Waals surface area contributed by atoms with Gasteiger partial charge in [-0.3, -0.25) is 9.97 Å². The first kappa shape index (κ1) is 30.6. The molecule has 5 aromatic heterocycles. The van der Waals surface area contributed by atoms with Gasteiger partial charge in [-0.1, -0.05) is 78.9 Å². The topological polar surface area (TPSA) is 77.8 Å². The monoisotopic (exact) mass is 728 g/mol. The molecule has 2 aliphatic rings. The highest BCUT2D eigenvalue weighted by Gasteiger charge is 2.53. The molecule has 0 radical (unpaired) electrons. The molecular weight excluding hydrogens is 701 g/mol. The summed E-state index contributed by atoms with van der Waals surface area (Å²) < 4.78 is 13.5. The van der Waals surface area contributed by atoms with E-state index in [2.05, 4.69) is 119 Å². The third kappa shape index (κ3) is 4.08. The quantitative estimate of drug-likeness (QED) is 0.180. The lowest BCUT2D eigenvalue weighted by Crippen LogP contribution is -2.26. The number of nitrogens with zero attached hydrogens (tertiary/aromatic N) is 4. The smallest absolute Gasteiger partial charge is 0.160 e. The van der Waals surface area contributed by atoms with Crippen LogP contribution in [0.4, 0.5) is 0 Å². The average molecular weight is 729 g/mol. The van der Waals surface area contributed by atoms with Gasteiger partial charge in [0.15, 0.2) is 5.82 Å². The van der Waals surface area contributed by atoms with Gasteiger partial charge in [0.2, 0.25) is 0 Å². The second-order valence-electron chi connectivity index (χ2n) is 15.0. The third-order valence-corrected chi connectivity index (χ3v) is 12.1. The highest BCUT2D eigenvalue weighted by Crippen LogP contribution is 2.65. The van der Waals surface area contributed by atoms with Crippen molar-refractivity contribution < 1.29 is 8.83 Å². The van der Waals surface area contributed by atoms with Gasteiger partial charge in [0, 0.05) is 63.0 Å². The summed E-state index contributed by atoms with van der Waals surface area (Å²) >= 11 is 0. The molecule has 6 nitrogen and oxygen atoms in total. The van der Waals surface area contributed by atoms with Crippen molar-refractivity contribution in [2.24, 2.45) is 0 Å². The predicted molar refractivity (Wildman–Crippen MR) is 225 cm³/mol. The molecule has 1 spiro atoms. The molecule has 0 amide bonds. The number of para-hydroxylation sites is 1. The first-order valence-electron chi connectivity index (χ1n) is 19.1. The van der Waals surface area contributed by atoms with Crippen molar-refractivity contribution in [2.45, 2.75) is 5.41 Å². The Morgan fingerprint density at radius 1 is 0.404 bits per heavy atom. The zero-order chi connectivity index (χ0) is 37.2. The van der Waals surface area contributed by atoms with Crippen molar-refractivity contribution in [3.8, 4) is 56.2 Å². The number of benzene rings is 6. The Kier molecular flexibility index (Phi) is 6.00. The fourth-order valence-electron chi connectivity index (χ4n) is 9.76. The van der Waals surface area contributed by atoms with E-state index in [4.69, 9.17) is 18.8 Å². The van der Waals surface area contributed by atoms with Crippen molar-refractivity contribution in [2.75, 3.05) is 0 Å². The summed E-state index contributed by atoms with van der Waals surface area (Å²) in [6, 6.07) is 51.4. The van der Waals surface area contributed by atoms with Crippen LogP contribution in [-0.4, -0.2) is 19.9 Å². The van der Waals surface area contributed by atoms with E-state index in [9.17, 15) is 0 Å². The average Bonchev–Trinajstić information content (AvgIpc) is 4.00. The SMILES string of the molecule is c1cncc(-c2cc(-c3cccnc3)nc(-c3ccc4c(c3)oc3ccc5c(c34)C3(c4ccccc4-c4ccccc43)c3cc4oc6ccccc6c4cc3-5)n2)c1. The van der Waals surface area contributed by atoms with Crippen LogP contribution in [0, 0.1) is 0 Å². The van der Waals surface area contributed by atoms with E-state index in [1.165, 1.54) is 44.5 Å². The standard InChI is InChI=1S/C51H28N4O2/c1-4-14-39-32(11-1)33-12-2-5-15-40(33)51(39)41-25-47-38(34-13-3-6-16-44(34)56-47)24-37(41)35-19-20-45-48(49(35)51)36-18-17-29(23-46(36)57-45)50-54-42(30-9-7-21-52-27-30)26-43(55-50)31-10-8-22-53-28-31/h1-28H. The molecule has 0 saturated heterocycles. The van der Waals surface area contributed by atoms with Crippen LogP contribution in [-0.2, 0) is 5.41 Å². The Hall–Kier alpha value is -7.70. The number of pyridine rings is 2. The maximum Gasteiger partial charge on any atom is 0.160 e. The number of aromatic nitrogens is 4. The van der Waals surface area contributed by atoms with Gasteiger partial charge in [-0.25, -0.2) is 9.97 Å². The molecule has 6 heteroatoms. The Bertz CT molecular complexity index is 3370. The molecular formula is C51H28N4O2. The van der Waals surface area contributed by atoms with Gasteiger partial charge in [-0.2, -0.15) is 0 Å². The minimum absolute atomic E-state index is 0.597. The van der Waals surface area contributed by atoms with E-state index in [0.717, 1.165) is 72.0 Å². The van der Waals surface area contributed by atoms with E-state index >= 15 is 0 Å². The summed E-state index contributed by atoms with van der Waals surface area (Å²) in [5.74, 6) is 0.597. The Labute approximate surface area is 325 Å². The van der Waals surface area contributed by atoms with Crippen molar-refractivity contribution in [3.63, 3.8) is 0 Å². The van der Waals surface area contributed by atoms with Crippen LogP contribution in [0.25, 0.3) is 100 Å². The maximum atomic E-state index is 6.87. The van der Waals surface area contributed by atoms with E-state index in [1.807, 2.05) is 48.8 Å². The first-order chi connectivity index (χ1) is 28.2. The van der Waals surface area contributed by atoms with Crippen LogP contribution in [0.5, 0.6) is 0 Å². The van der Waals surface area contributed by atoms with Crippen molar-refractivity contribution in [3.05, 3.63) is 193 Å². The summed E-state index contributed by atoms with van der Waals surface area (Å²) in [6.45, 7) is 0. The lowest BCUT2D eigenvalue weighted by atomic mass is 9.69. The number of furan rings is 2. The summed E-state index contributed by atoms with van der Waals surface area (Å²) in [6.07, 6.45) is 7.19. The van der Waals surface area contributed by atoms with Gasteiger partial charge in [-0.05, 0) is 111 Å². The maximum absolute atomic E-state index is 6.87. The second-order valence-corrected chi connectivity index (χ2v) is 15.0. The Balaban J connectivity index is 1.09. The molecule has 11 aromatic rings. The summed E-state index contributed by atoms with van der Waals surface area (Å²) in [7, 11) is 0. The molecule has 6 aromatic carbocycles. The second kappa shape index (κ2) is 11.2. The fourth-order valence-corrected chi connectivity index (χ4v) is 9.76. The molecule has 0 saturated carbocycles. The molecule has 5 heterocycles. The van der Waals surface area contributed by atoms with Gasteiger partial charge in [-0.15, -0.1) is 0 Å². The molecule has 0 unspecified atom stereocenters. The van der Waals surface area contributed by atoms with Gasteiger partial charge < -0.3 is 8.83 Å². The highest BCUT2D eigenvalue weighted by atomic mass is 16.3. The minimum atomic E-state index is -0.597. The lowest BCUT2D eigenvalue weighted by Gasteiger charge is -2.31. The van der Waals surface area contributed by atoms with Crippen molar-refractivity contribution in [1.82, 2.24) is 19.9 Å². The molecule has 2 aliphatic carbocycles. The highest BCUT2D eigenvalue weighted by molar-refractivity contribution is 6.16. The molecule has 0 aliphatic heterocycles. The normalized spacial score (nSPS) is 13.4. The Morgan fingerprint density at radius 2 is 1.07 bits per heavy atom. The van der Waals surface area contributed by atoms with Crippen molar-refractivity contribution >= 4 is 43.9 Å². The van der Waals surface area contributed by atoms with E-state index in [1.54, 1.807) is 12.4 Å². The van der Waals surface area contributed by atoms with Gasteiger partial charge in [0.05, 0.1) is 16.8 Å². The largest absolute Gasteiger partial charge is 0.456 e. The van der Waals surface area contributed by atoms with Crippen LogP contribution in [0.15, 0.2) is 179 Å². The van der Waals surface area contributed by atoms with E-state index in [-0.39, 0.29) is 0 Å². The zero-order valence-electron chi connectivity index (χ0n) is 30.3. The number of hydrogen-bond acceptors (Lipinski definition) is 6. The van der Waals surface area contributed by atoms with Crippen LogP contribution in [0.2, 0.25) is 0 Å². The first-order valence-corrected chi connectivity index (χ1v) is 19.1. The molecule has 57 heavy (non-hydrogen) atoms. The molecule has 0 atom stereocenters. The fraction of sp³-hybridized carbons (Fsp3) is 0.0196. The number of hydrogen-bond donors (Lipinski definition) is 0. The van der Waals surface area contributed by atoms with Gasteiger partial charge >= 0.3 is 0 Å². The van der Waals surface area contributed by atoms with Gasteiger partial charge in [0.1, 0.15) is 22.3 Å². The summed E-state index contributed by atoms with van der Waals surface area (Å²) in [5.41, 5.74) is 17.0. The van der Waals surface area contributed by atoms with Crippen LogP contribution in [0.1, 0.15) is 22.3 Å². The van der Waals surface area contributed by atoms with Crippen LogP contribution >= 0.6 is 0 Å². The molecule has 0 fully saturated rings. The summed E-state index contributed by atoms with van der Waals surface area (Å²) in [5, 5.41) is 4.39. The number of fused-ring (bicyclic) bond motifs is 17. The molecule has 13 rings (SSSR count). The third-order valence-electron chi connectivity index (χ3n) is 12.1. The minimum Gasteiger partial charge on any atom is -0.456 e. The molecule has 0 bridgehead atoms. The van der Waals surface area contributed by atoms with E-state index in [0.29, 0.717) is 5.82 Å². The Morgan fingerprint density at radius 3 is 1.79 bits per heavy atom. The van der Waals surface area contributed by atoms with E-state index < -0.39 is 5.41 Å².